The van der Waals surface area contributed by atoms with Gasteiger partial charge in [0.25, 0.3) is 0 Å². The van der Waals surface area contributed by atoms with Crippen molar-refractivity contribution in [1.29, 1.82) is 0 Å². The van der Waals surface area contributed by atoms with E-state index in [0.717, 1.165) is 23.7 Å². The molecule has 162 valence electrons. The van der Waals surface area contributed by atoms with E-state index < -0.39 is 0 Å². The number of carbonyl (C=O) groups excluding carboxylic acids is 2. The predicted molar refractivity (Wildman–Crippen MR) is 119 cm³/mol. The van der Waals surface area contributed by atoms with Crippen LogP contribution in [0.5, 0.6) is 11.5 Å². The number of amides is 1. The Balaban J connectivity index is 1.51. The molecule has 1 N–H and O–H groups in total. The molecule has 0 spiro atoms. The van der Waals surface area contributed by atoms with Crippen molar-refractivity contribution in [2.45, 2.75) is 50.2 Å². The number of carbonyl (C=O) groups is 2. The molecule has 0 radical (unpaired) electrons. The summed E-state index contributed by atoms with van der Waals surface area (Å²) in [7, 11) is 7.07. The lowest BCUT2D eigenvalue weighted by Gasteiger charge is -2.10. The molecular weight excluding hydrogens is 410 g/mol. The van der Waals surface area contributed by atoms with Crippen molar-refractivity contribution in [3.05, 3.63) is 23.8 Å². The zero-order chi connectivity index (χ0) is 20.9. The lowest BCUT2D eigenvalue weighted by molar-refractivity contribution is -0.142. The summed E-state index contributed by atoms with van der Waals surface area (Å²) in [5.41, 5.74) is 0.801. The quantitative estimate of drug-likeness (QED) is 0.282. The number of benzene rings is 1. The van der Waals surface area contributed by atoms with E-state index in [0.29, 0.717) is 37.5 Å². The summed E-state index contributed by atoms with van der Waals surface area (Å²) in [5.74, 6) is 2.24. The lowest BCUT2D eigenvalue weighted by atomic mass is 10.1. The summed E-state index contributed by atoms with van der Waals surface area (Å²) in [4.78, 5) is 23.8. The van der Waals surface area contributed by atoms with Gasteiger partial charge in [-0.05, 0) is 43.4 Å². The molecule has 0 bridgehead atoms. The number of esters is 1. The molecule has 1 heterocycles. The van der Waals surface area contributed by atoms with Crippen LogP contribution in [0.1, 0.15) is 44.1 Å². The SMILES string of the molecule is COc1ccc(CC(=O)OCCCNC(=O)CCCCC2CCSS2)cc1OC. The Bertz CT molecular complexity index is 650. The second-order valence-electron chi connectivity index (χ2n) is 6.86. The fourth-order valence-corrected chi connectivity index (χ4v) is 6.03. The molecule has 2 rings (SSSR count). The van der Waals surface area contributed by atoms with E-state index in [1.807, 2.05) is 27.7 Å². The predicted octanol–water partition coefficient (Wildman–Crippen LogP) is 4.01. The number of hydrogen-bond acceptors (Lipinski definition) is 7. The van der Waals surface area contributed by atoms with Gasteiger partial charge in [0.05, 0.1) is 27.2 Å². The Morgan fingerprint density at radius 2 is 1.97 bits per heavy atom. The highest BCUT2D eigenvalue weighted by atomic mass is 33.1. The maximum Gasteiger partial charge on any atom is 0.310 e. The molecule has 1 unspecified atom stereocenters. The Morgan fingerprint density at radius 1 is 1.14 bits per heavy atom. The highest BCUT2D eigenvalue weighted by Crippen LogP contribution is 2.39. The fraction of sp³-hybridized carbons (Fsp3) is 0.619. The highest BCUT2D eigenvalue weighted by Gasteiger charge is 2.15. The Labute approximate surface area is 181 Å². The first-order chi connectivity index (χ1) is 14.1. The molecule has 1 aromatic rings. The number of rotatable bonds is 13. The summed E-state index contributed by atoms with van der Waals surface area (Å²) < 4.78 is 15.7. The van der Waals surface area contributed by atoms with E-state index in [9.17, 15) is 9.59 Å². The molecule has 1 fully saturated rings. The monoisotopic (exact) mass is 441 g/mol. The van der Waals surface area contributed by atoms with Crippen LogP contribution in [0.2, 0.25) is 0 Å². The zero-order valence-corrected chi connectivity index (χ0v) is 18.9. The van der Waals surface area contributed by atoms with Gasteiger partial charge in [-0.15, -0.1) is 0 Å². The van der Waals surface area contributed by atoms with Crippen LogP contribution in [0.3, 0.4) is 0 Å². The number of hydrogen-bond donors (Lipinski definition) is 1. The van der Waals surface area contributed by atoms with Gasteiger partial charge in [-0.1, -0.05) is 34.1 Å². The van der Waals surface area contributed by atoms with E-state index >= 15 is 0 Å². The Morgan fingerprint density at radius 3 is 2.69 bits per heavy atom. The van der Waals surface area contributed by atoms with Crippen LogP contribution in [0.25, 0.3) is 0 Å². The summed E-state index contributed by atoms with van der Waals surface area (Å²) in [6, 6.07) is 5.35. The van der Waals surface area contributed by atoms with E-state index in [-0.39, 0.29) is 18.3 Å². The number of ether oxygens (including phenoxy) is 3. The average Bonchev–Trinajstić information content (AvgIpc) is 3.24. The van der Waals surface area contributed by atoms with Gasteiger partial charge in [0.2, 0.25) is 5.91 Å². The number of methoxy groups -OCH3 is 2. The van der Waals surface area contributed by atoms with Gasteiger partial charge in [-0.2, -0.15) is 0 Å². The molecule has 8 heteroatoms. The van der Waals surface area contributed by atoms with Gasteiger partial charge >= 0.3 is 5.97 Å². The number of nitrogens with one attached hydrogen (secondary N) is 1. The minimum absolute atomic E-state index is 0.0788. The van der Waals surface area contributed by atoms with Crippen molar-refractivity contribution in [2.75, 3.05) is 33.1 Å². The van der Waals surface area contributed by atoms with Gasteiger partial charge < -0.3 is 19.5 Å². The molecule has 0 aliphatic carbocycles. The maximum absolute atomic E-state index is 12.0. The molecule has 6 nitrogen and oxygen atoms in total. The maximum atomic E-state index is 12.0. The van der Waals surface area contributed by atoms with Crippen LogP contribution in [-0.2, 0) is 20.7 Å². The Kier molecular flexibility index (Phi) is 11.2. The second-order valence-corrected chi connectivity index (χ2v) is 9.65. The van der Waals surface area contributed by atoms with Gasteiger partial charge in [-0.3, -0.25) is 9.59 Å². The van der Waals surface area contributed by atoms with Crippen molar-refractivity contribution < 1.29 is 23.8 Å². The molecule has 1 aromatic carbocycles. The van der Waals surface area contributed by atoms with E-state index in [1.165, 1.54) is 18.6 Å². The molecule has 0 saturated carbocycles. The second kappa shape index (κ2) is 13.6. The topological polar surface area (TPSA) is 73.9 Å². The van der Waals surface area contributed by atoms with Crippen LogP contribution in [-0.4, -0.2) is 50.3 Å². The standard InChI is InChI=1S/C21H31NO5S2/c1-25-18-9-8-16(14-19(18)26-2)15-21(24)27-12-5-11-22-20(23)7-4-3-6-17-10-13-28-29-17/h8-9,14,17H,3-7,10-13,15H2,1-2H3,(H,22,23). The zero-order valence-electron chi connectivity index (χ0n) is 17.2. The third-order valence-electron chi connectivity index (χ3n) is 4.61. The van der Waals surface area contributed by atoms with Crippen LogP contribution in [0, 0.1) is 0 Å². The first-order valence-electron chi connectivity index (χ1n) is 10.0. The third kappa shape index (κ3) is 9.21. The molecule has 0 aromatic heterocycles. The fourth-order valence-electron chi connectivity index (χ4n) is 3.00. The molecule has 1 saturated heterocycles. The summed E-state index contributed by atoms with van der Waals surface area (Å²) in [5, 5.41) is 3.67. The van der Waals surface area contributed by atoms with Crippen LogP contribution < -0.4 is 14.8 Å². The van der Waals surface area contributed by atoms with Gasteiger partial charge in [0.1, 0.15) is 0 Å². The molecule has 29 heavy (non-hydrogen) atoms. The molecule has 1 amide bonds. The van der Waals surface area contributed by atoms with Crippen molar-refractivity contribution in [1.82, 2.24) is 5.32 Å². The van der Waals surface area contributed by atoms with Crippen LogP contribution >= 0.6 is 21.6 Å². The summed E-state index contributed by atoms with van der Waals surface area (Å²) in [6.07, 6.45) is 5.91. The van der Waals surface area contributed by atoms with Gasteiger partial charge in [0.15, 0.2) is 11.5 Å². The molecule has 1 aliphatic heterocycles. The lowest BCUT2D eigenvalue weighted by Crippen LogP contribution is -2.25. The largest absolute Gasteiger partial charge is 0.493 e. The summed E-state index contributed by atoms with van der Waals surface area (Å²) >= 11 is 0. The third-order valence-corrected chi connectivity index (χ3v) is 7.62. The average molecular weight is 442 g/mol. The smallest absolute Gasteiger partial charge is 0.310 e. The van der Waals surface area contributed by atoms with Crippen molar-refractivity contribution in [3.8, 4) is 11.5 Å². The minimum atomic E-state index is -0.300. The van der Waals surface area contributed by atoms with Crippen LogP contribution in [0.4, 0.5) is 0 Å². The normalized spacial score (nSPS) is 15.7. The Hall–Kier alpha value is -1.54. The molecular formula is C21H31NO5S2. The van der Waals surface area contributed by atoms with E-state index in [4.69, 9.17) is 14.2 Å². The minimum Gasteiger partial charge on any atom is -0.493 e. The molecule has 1 aliphatic rings. The summed E-state index contributed by atoms with van der Waals surface area (Å²) in [6.45, 7) is 0.820. The van der Waals surface area contributed by atoms with E-state index in [1.54, 1.807) is 26.4 Å². The number of unbranched alkanes of at least 4 members (excludes halogenated alkanes) is 1. The first-order valence-corrected chi connectivity index (χ1v) is 12.4. The van der Waals surface area contributed by atoms with E-state index in [2.05, 4.69) is 5.32 Å². The molecule has 1 atom stereocenters. The highest BCUT2D eigenvalue weighted by molar-refractivity contribution is 8.77. The van der Waals surface area contributed by atoms with Gasteiger partial charge in [-0.25, -0.2) is 0 Å². The first kappa shape index (κ1) is 23.7. The van der Waals surface area contributed by atoms with Crippen molar-refractivity contribution in [3.63, 3.8) is 0 Å². The van der Waals surface area contributed by atoms with Crippen LogP contribution in [0.15, 0.2) is 18.2 Å². The van der Waals surface area contributed by atoms with Crippen molar-refractivity contribution >= 4 is 33.5 Å². The van der Waals surface area contributed by atoms with Gasteiger partial charge in [0, 0.05) is 24.0 Å². The van der Waals surface area contributed by atoms with Crippen molar-refractivity contribution in [2.24, 2.45) is 0 Å².